The maximum absolute atomic E-state index is 12.0. The molecule has 1 unspecified atom stereocenters. The molecule has 25 heavy (non-hydrogen) atoms. The Balaban J connectivity index is 1.88. The van der Waals surface area contributed by atoms with E-state index < -0.39 is 0 Å². The molecule has 0 radical (unpaired) electrons. The van der Waals surface area contributed by atoms with Gasteiger partial charge in [-0.2, -0.15) is 0 Å². The van der Waals surface area contributed by atoms with Gasteiger partial charge in [0, 0.05) is 42.5 Å². The highest BCUT2D eigenvalue weighted by Crippen LogP contribution is 2.10. The number of hydrogen-bond acceptors (Lipinski definition) is 3. The first-order valence-corrected chi connectivity index (χ1v) is 8.36. The maximum atomic E-state index is 12.0. The van der Waals surface area contributed by atoms with Crippen molar-refractivity contribution in [1.82, 2.24) is 9.88 Å². The van der Waals surface area contributed by atoms with E-state index in [-0.39, 0.29) is 29.8 Å². The predicted octanol–water partition coefficient (Wildman–Crippen LogP) is 2.41. The van der Waals surface area contributed by atoms with E-state index in [1.807, 2.05) is 13.8 Å². The van der Waals surface area contributed by atoms with Crippen LogP contribution < -0.4 is 16.2 Å². The van der Waals surface area contributed by atoms with Crippen LogP contribution in [0.25, 0.3) is 0 Å². The van der Waals surface area contributed by atoms with Crippen LogP contribution in [0.3, 0.4) is 0 Å². The number of benzene rings is 1. The lowest BCUT2D eigenvalue weighted by Gasteiger charge is -2.12. The Hall–Kier alpha value is -2.89. The SMILES string of the molecule is CCC(C)NC(=O)c1ccc(NC(=O)CCn2ccccc2=O)cc1. The molecule has 0 saturated heterocycles. The van der Waals surface area contributed by atoms with Gasteiger partial charge in [0.2, 0.25) is 5.91 Å². The lowest BCUT2D eigenvalue weighted by atomic mass is 10.1. The zero-order valence-corrected chi connectivity index (χ0v) is 14.5. The van der Waals surface area contributed by atoms with E-state index in [0.29, 0.717) is 17.8 Å². The van der Waals surface area contributed by atoms with Crippen molar-refractivity contribution in [2.45, 2.75) is 39.3 Å². The molecular weight excluding hydrogens is 318 g/mol. The van der Waals surface area contributed by atoms with Crippen molar-refractivity contribution in [2.75, 3.05) is 5.32 Å². The number of carbonyl (C=O) groups excluding carboxylic acids is 2. The third-order valence-corrected chi connectivity index (χ3v) is 3.90. The Morgan fingerprint density at radius 1 is 1.12 bits per heavy atom. The molecule has 2 amide bonds. The Labute approximate surface area is 146 Å². The summed E-state index contributed by atoms with van der Waals surface area (Å²) in [6.45, 7) is 4.28. The van der Waals surface area contributed by atoms with Crippen molar-refractivity contribution in [3.05, 3.63) is 64.6 Å². The van der Waals surface area contributed by atoms with Crippen LogP contribution in [0.2, 0.25) is 0 Å². The van der Waals surface area contributed by atoms with Crippen LogP contribution in [0.5, 0.6) is 0 Å². The minimum atomic E-state index is -0.187. The van der Waals surface area contributed by atoms with E-state index >= 15 is 0 Å². The molecule has 0 spiro atoms. The highest BCUT2D eigenvalue weighted by Gasteiger charge is 2.09. The van der Waals surface area contributed by atoms with Gasteiger partial charge in [0.15, 0.2) is 0 Å². The normalized spacial score (nSPS) is 11.6. The number of nitrogens with one attached hydrogen (secondary N) is 2. The Morgan fingerprint density at radius 3 is 2.48 bits per heavy atom. The first kappa shape index (κ1) is 18.4. The fourth-order valence-corrected chi connectivity index (χ4v) is 2.20. The van der Waals surface area contributed by atoms with Gasteiger partial charge in [0.25, 0.3) is 11.5 Å². The van der Waals surface area contributed by atoms with Crippen LogP contribution in [-0.4, -0.2) is 22.4 Å². The topological polar surface area (TPSA) is 80.2 Å². The number of aryl methyl sites for hydroxylation is 1. The van der Waals surface area contributed by atoms with Gasteiger partial charge in [-0.05, 0) is 43.7 Å². The van der Waals surface area contributed by atoms with Crippen molar-refractivity contribution in [3.63, 3.8) is 0 Å². The Bertz CT molecular complexity index is 781. The first-order valence-electron chi connectivity index (χ1n) is 8.36. The second-order valence-corrected chi connectivity index (χ2v) is 5.89. The zero-order chi connectivity index (χ0) is 18.2. The molecule has 2 N–H and O–H groups in total. The summed E-state index contributed by atoms with van der Waals surface area (Å²) >= 11 is 0. The number of anilines is 1. The molecule has 6 heteroatoms. The number of aromatic nitrogens is 1. The third kappa shape index (κ3) is 5.60. The second-order valence-electron chi connectivity index (χ2n) is 5.89. The largest absolute Gasteiger partial charge is 0.350 e. The molecule has 1 aromatic heterocycles. The predicted molar refractivity (Wildman–Crippen MR) is 97.6 cm³/mol. The molecule has 1 aromatic carbocycles. The lowest BCUT2D eigenvalue weighted by Crippen LogP contribution is -2.31. The number of carbonyl (C=O) groups is 2. The van der Waals surface area contributed by atoms with E-state index in [2.05, 4.69) is 10.6 Å². The Morgan fingerprint density at radius 2 is 1.84 bits per heavy atom. The van der Waals surface area contributed by atoms with E-state index in [0.717, 1.165) is 6.42 Å². The molecule has 2 rings (SSSR count). The lowest BCUT2D eigenvalue weighted by molar-refractivity contribution is -0.116. The summed E-state index contributed by atoms with van der Waals surface area (Å²) in [5.74, 6) is -0.316. The molecule has 0 aliphatic heterocycles. The molecule has 0 bridgehead atoms. The van der Waals surface area contributed by atoms with E-state index in [1.165, 1.54) is 10.6 Å². The van der Waals surface area contributed by atoms with Crippen molar-refractivity contribution in [3.8, 4) is 0 Å². The molecule has 0 aliphatic rings. The van der Waals surface area contributed by atoms with Gasteiger partial charge >= 0.3 is 0 Å². The van der Waals surface area contributed by atoms with E-state index in [4.69, 9.17) is 0 Å². The number of amides is 2. The Kier molecular flexibility index (Phi) is 6.51. The number of rotatable bonds is 7. The summed E-state index contributed by atoms with van der Waals surface area (Å²) in [6, 6.07) is 11.7. The quantitative estimate of drug-likeness (QED) is 0.811. The highest BCUT2D eigenvalue weighted by molar-refractivity contribution is 5.95. The molecule has 1 heterocycles. The van der Waals surface area contributed by atoms with E-state index in [9.17, 15) is 14.4 Å². The van der Waals surface area contributed by atoms with Crippen LogP contribution >= 0.6 is 0 Å². The maximum Gasteiger partial charge on any atom is 0.251 e. The first-order chi connectivity index (χ1) is 12.0. The fraction of sp³-hybridized carbons (Fsp3) is 0.316. The average molecular weight is 341 g/mol. The van der Waals surface area contributed by atoms with Crippen molar-refractivity contribution < 1.29 is 9.59 Å². The van der Waals surface area contributed by atoms with Gasteiger partial charge in [-0.3, -0.25) is 14.4 Å². The molecule has 0 saturated carbocycles. The van der Waals surface area contributed by atoms with Crippen LogP contribution in [-0.2, 0) is 11.3 Å². The number of hydrogen-bond donors (Lipinski definition) is 2. The summed E-state index contributed by atoms with van der Waals surface area (Å²) in [4.78, 5) is 35.6. The number of nitrogens with zero attached hydrogens (tertiary/aromatic N) is 1. The molecular formula is C19H23N3O3. The standard InChI is InChI=1S/C19H23N3O3/c1-3-14(2)20-19(25)15-7-9-16(10-8-15)21-17(23)11-13-22-12-5-4-6-18(22)24/h4-10,12,14H,3,11,13H2,1-2H3,(H,20,25)(H,21,23). The molecule has 0 aliphatic carbocycles. The summed E-state index contributed by atoms with van der Waals surface area (Å²) in [5.41, 5.74) is 1.03. The van der Waals surface area contributed by atoms with E-state index in [1.54, 1.807) is 42.6 Å². The fourth-order valence-electron chi connectivity index (χ4n) is 2.20. The summed E-state index contributed by atoms with van der Waals surface area (Å²) in [6.07, 6.45) is 2.71. The monoisotopic (exact) mass is 341 g/mol. The average Bonchev–Trinajstić information content (AvgIpc) is 2.61. The van der Waals surface area contributed by atoms with Crippen molar-refractivity contribution >= 4 is 17.5 Å². The summed E-state index contributed by atoms with van der Waals surface area (Å²) in [7, 11) is 0. The minimum Gasteiger partial charge on any atom is -0.350 e. The van der Waals surface area contributed by atoms with Gasteiger partial charge < -0.3 is 15.2 Å². The van der Waals surface area contributed by atoms with Gasteiger partial charge in [-0.25, -0.2) is 0 Å². The molecule has 2 aromatic rings. The summed E-state index contributed by atoms with van der Waals surface area (Å²) < 4.78 is 1.49. The molecule has 0 fully saturated rings. The van der Waals surface area contributed by atoms with Gasteiger partial charge in [-0.1, -0.05) is 13.0 Å². The number of pyridine rings is 1. The van der Waals surface area contributed by atoms with Crippen LogP contribution in [0, 0.1) is 0 Å². The second kappa shape index (κ2) is 8.82. The van der Waals surface area contributed by atoms with Crippen LogP contribution in [0.15, 0.2) is 53.5 Å². The third-order valence-electron chi connectivity index (χ3n) is 3.90. The smallest absolute Gasteiger partial charge is 0.251 e. The van der Waals surface area contributed by atoms with Crippen molar-refractivity contribution in [2.24, 2.45) is 0 Å². The molecule has 6 nitrogen and oxygen atoms in total. The van der Waals surface area contributed by atoms with Crippen molar-refractivity contribution in [1.29, 1.82) is 0 Å². The van der Waals surface area contributed by atoms with Gasteiger partial charge in [0.1, 0.15) is 0 Å². The van der Waals surface area contributed by atoms with Gasteiger partial charge in [0.05, 0.1) is 0 Å². The highest BCUT2D eigenvalue weighted by atomic mass is 16.2. The van der Waals surface area contributed by atoms with Gasteiger partial charge in [-0.15, -0.1) is 0 Å². The minimum absolute atomic E-state index is 0.119. The molecule has 132 valence electrons. The van der Waals surface area contributed by atoms with Crippen LogP contribution in [0.4, 0.5) is 5.69 Å². The van der Waals surface area contributed by atoms with Crippen LogP contribution in [0.1, 0.15) is 37.0 Å². The summed E-state index contributed by atoms with van der Waals surface area (Å²) in [5, 5.41) is 5.65. The zero-order valence-electron chi connectivity index (χ0n) is 14.5. The molecule has 1 atom stereocenters.